The topological polar surface area (TPSA) is 87.5 Å². The van der Waals surface area contributed by atoms with E-state index < -0.39 is 17.9 Å². The lowest BCUT2D eigenvalue weighted by Gasteiger charge is -2.13. The minimum absolute atomic E-state index is 0.0223. The lowest BCUT2D eigenvalue weighted by molar-refractivity contribution is -0.153. The van der Waals surface area contributed by atoms with Crippen molar-refractivity contribution in [3.63, 3.8) is 0 Å². The van der Waals surface area contributed by atoms with Crippen molar-refractivity contribution in [1.82, 2.24) is 9.55 Å². The smallest absolute Gasteiger partial charge is 0.309 e. The van der Waals surface area contributed by atoms with Crippen LogP contribution in [0.5, 0.6) is 0 Å². The zero-order valence-corrected chi connectivity index (χ0v) is 12.5. The summed E-state index contributed by atoms with van der Waals surface area (Å²) < 4.78 is 11.2. The van der Waals surface area contributed by atoms with E-state index in [0.29, 0.717) is 30.6 Å². The van der Waals surface area contributed by atoms with E-state index in [9.17, 15) is 14.4 Å². The molecule has 1 unspecified atom stereocenters. The largest absolute Gasteiger partial charge is 0.469 e. The highest BCUT2D eigenvalue weighted by molar-refractivity contribution is 5.79. The molecule has 1 aromatic heterocycles. The summed E-state index contributed by atoms with van der Waals surface area (Å²) >= 11 is 0. The quantitative estimate of drug-likeness (QED) is 0.523. The first-order valence-electron chi connectivity index (χ1n) is 6.72. The SMILES string of the molecule is CCOC(=O)CC(CCc1ncc(C=O)n1C)C(=O)OC. The molecule has 1 atom stereocenters. The fourth-order valence-electron chi connectivity index (χ4n) is 2.00. The predicted molar refractivity (Wildman–Crippen MR) is 73.7 cm³/mol. The molecule has 116 valence electrons. The molecule has 0 aliphatic rings. The van der Waals surface area contributed by atoms with Crippen molar-refractivity contribution >= 4 is 18.2 Å². The van der Waals surface area contributed by atoms with E-state index in [1.165, 1.54) is 13.3 Å². The van der Waals surface area contributed by atoms with Crippen LogP contribution in [0.1, 0.15) is 36.1 Å². The highest BCUT2D eigenvalue weighted by Crippen LogP contribution is 2.16. The number of methoxy groups -OCH3 is 1. The molecular formula is C14H20N2O5. The van der Waals surface area contributed by atoms with Gasteiger partial charge in [-0.15, -0.1) is 0 Å². The Hall–Kier alpha value is -2.18. The van der Waals surface area contributed by atoms with Gasteiger partial charge < -0.3 is 14.0 Å². The van der Waals surface area contributed by atoms with Crippen LogP contribution in [0.25, 0.3) is 0 Å². The van der Waals surface area contributed by atoms with Gasteiger partial charge in [-0.3, -0.25) is 14.4 Å². The molecule has 0 N–H and O–H groups in total. The van der Waals surface area contributed by atoms with E-state index in [1.807, 2.05) is 0 Å². The lowest BCUT2D eigenvalue weighted by Crippen LogP contribution is -2.22. The third-order valence-electron chi connectivity index (χ3n) is 3.21. The second kappa shape index (κ2) is 8.18. The van der Waals surface area contributed by atoms with Crippen molar-refractivity contribution in [2.75, 3.05) is 13.7 Å². The summed E-state index contributed by atoms with van der Waals surface area (Å²) in [5, 5.41) is 0. The van der Waals surface area contributed by atoms with Gasteiger partial charge in [0.1, 0.15) is 11.5 Å². The van der Waals surface area contributed by atoms with Crippen LogP contribution in [-0.4, -0.2) is 41.5 Å². The average molecular weight is 296 g/mol. The van der Waals surface area contributed by atoms with E-state index in [1.54, 1.807) is 18.5 Å². The first-order chi connectivity index (χ1) is 10.0. The number of aldehydes is 1. The van der Waals surface area contributed by atoms with Crippen LogP contribution >= 0.6 is 0 Å². The minimum Gasteiger partial charge on any atom is -0.469 e. The molecule has 0 aliphatic carbocycles. The summed E-state index contributed by atoms with van der Waals surface area (Å²) in [7, 11) is 3.01. The van der Waals surface area contributed by atoms with E-state index in [4.69, 9.17) is 9.47 Å². The molecule has 0 amide bonds. The number of carbonyl (C=O) groups is 3. The maximum atomic E-state index is 11.7. The monoisotopic (exact) mass is 296 g/mol. The lowest BCUT2D eigenvalue weighted by atomic mass is 9.99. The van der Waals surface area contributed by atoms with Gasteiger partial charge in [0.2, 0.25) is 0 Å². The standard InChI is InChI=1S/C14H20N2O5/c1-4-21-13(18)7-10(14(19)20-3)5-6-12-15-8-11(9-17)16(12)2/h8-10H,4-7H2,1-3H3. The summed E-state index contributed by atoms with van der Waals surface area (Å²) in [6.45, 7) is 1.98. The molecule has 1 rings (SSSR count). The summed E-state index contributed by atoms with van der Waals surface area (Å²) in [6, 6.07) is 0. The molecular weight excluding hydrogens is 276 g/mol. The number of esters is 2. The molecule has 0 radical (unpaired) electrons. The Bertz CT molecular complexity index is 509. The molecule has 0 spiro atoms. The van der Waals surface area contributed by atoms with Gasteiger partial charge in [0.05, 0.1) is 32.3 Å². The second-order valence-corrected chi connectivity index (χ2v) is 4.54. The molecule has 0 fully saturated rings. The molecule has 0 bridgehead atoms. The molecule has 1 heterocycles. The summed E-state index contributed by atoms with van der Waals surface area (Å²) in [6.07, 6.45) is 3.03. The van der Waals surface area contributed by atoms with Crippen LogP contribution in [0.3, 0.4) is 0 Å². The Balaban J connectivity index is 2.68. The van der Waals surface area contributed by atoms with Crippen molar-refractivity contribution in [2.45, 2.75) is 26.2 Å². The van der Waals surface area contributed by atoms with E-state index in [-0.39, 0.29) is 13.0 Å². The van der Waals surface area contributed by atoms with Gasteiger partial charge >= 0.3 is 11.9 Å². The van der Waals surface area contributed by atoms with E-state index in [0.717, 1.165) is 0 Å². The fourth-order valence-corrected chi connectivity index (χ4v) is 2.00. The maximum absolute atomic E-state index is 11.7. The number of imidazole rings is 1. The fraction of sp³-hybridized carbons (Fsp3) is 0.571. The Labute approximate surface area is 123 Å². The van der Waals surface area contributed by atoms with Crippen LogP contribution in [0.4, 0.5) is 0 Å². The average Bonchev–Trinajstić information content (AvgIpc) is 2.83. The van der Waals surface area contributed by atoms with Crippen molar-refractivity contribution in [2.24, 2.45) is 13.0 Å². The number of hydrogen-bond acceptors (Lipinski definition) is 6. The van der Waals surface area contributed by atoms with Crippen LogP contribution in [0.2, 0.25) is 0 Å². The summed E-state index contributed by atoms with van der Waals surface area (Å²) in [5.41, 5.74) is 0.463. The van der Waals surface area contributed by atoms with Crippen molar-refractivity contribution < 1.29 is 23.9 Å². The van der Waals surface area contributed by atoms with E-state index in [2.05, 4.69) is 4.98 Å². The van der Waals surface area contributed by atoms with Crippen LogP contribution < -0.4 is 0 Å². The number of hydrogen-bond donors (Lipinski definition) is 0. The normalized spacial score (nSPS) is 11.8. The number of nitrogens with zero attached hydrogens (tertiary/aromatic N) is 2. The van der Waals surface area contributed by atoms with Crippen LogP contribution in [-0.2, 0) is 32.5 Å². The number of rotatable bonds is 8. The van der Waals surface area contributed by atoms with E-state index >= 15 is 0 Å². The molecule has 21 heavy (non-hydrogen) atoms. The Morgan fingerprint density at radius 3 is 2.71 bits per heavy atom. The zero-order valence-electron chi connectivity index (χ0n) is 12.5. The van der Waals surface area contributed by atoms with Crippen LogP contribution in [0.15, 0.2) is 6.20 Å². The highest BCUT2D eigenvalue weighted by Gasteiger charge is 2.24. The maximum Gasteiger partial charge on any atom is 0.309 e. The first kappa shape index (κ1) is 16.9. The predicted octanol–water partition coefficient (Wildman–Crippen LogP) is 0.908. The molecule has 7 heteroatoms. The molecule has 7 nitrogen and oxygen atoms in total. The summed E-state index contributed by atoms with van der Waals surface area (Å²) in [4.78, 5) is 38.1. The van der Waals surface area contributed by atoms with Gasteiger partial charge in [0, 0.05) is 13.5 Å². The molecule has 0 aromatic carbocycles. The number of aromatic nitrogens is 2. The van der Waals surface area contributed by atoms with Gasteiger partial charge in [-0.1, -0.05) is 0 Å². The molecule has 0 aliphatic heterocycles. The van der Waals surface area contributed by atoms with Gasteiger partial charge in [-0.25, -0.2) is 4.98 Å². The van der Waals surface area contributed by atoms with Crippen molar-refractivity contribution in [3.8, 4) is 0 Å². The second-order valence-electron chi connectivity index (χ2n) is 4.54. The first-order valence-corrected chi connectivity index (χ1v) is 6.72. The zero-order chi connectivity index (χ0) is 15.8. The van der Waals surface area contributed by atoms with Gasteiger partial charge in [-0.05, 0) is 13.3 Å². The molecule has 0 saturated carbocycles. The number of aryl methyl sites for hydroxylation is 1. The van der Waals surface area contributed by atoms with Gasteiger partial charge in [0.25, 0.3) is 0 Å². The third kappa shape index (κ3) is 4.70. The molecule has 0 saturated heterocycles. The van der Waals surface area contributed by atoms with Gasteiger partial charge in [0.15, 0.2) is 6.29 Å². The highest BCUT2D eigenvalue weighted by atomic mass is 16.5. The Kier molecular flexibility index (Phi) is 6.58. The van der Waals surface area contributed by atoms with Gasteiger partial charge in [-0.2, -0.15) is 0 Å². The number of ether oxygens (including phenoxy) is 2. The minimum atomic E-state index is -0.578. The third-order valence-corrected chi connectivity index (χ3v) is 3.21. The van der Waals surface area contributed by atoms with Crippen LogP contribution in [0, 0.1) is 5.92 Å². The summed E-state index contributed by atoms with van der Waals surface area (Å²) in [5.74, 6) is -0.783. The molecule has 1 aromatic rings. The van der Waals surface area contributed by atoms with Crippen molar-refractivity contribution in [1.29, 1.82) is 0 Å². The Morgan fingerprint density at radius 2 is 2.19 bits per heavy atom. The Morgan fingerprint density at radius 1 is 1.48 bits per heavy atom. The number of carbonyl (C=O) groups excluding carboxylic acids is 3. The van der Waals surface area contributed by atoms with Crippen molar-refractivity contribution in [3.05, 3.63) is 17.7 Å².